The molecular formula is C25H29Cl2N3O5S. The van der Waals surface area contributed by atoms with E-state index in [1.165, 1.54) is 11.1 Å². The van der Waals surface area contributed by atoms with E-state index in [-0.39, 0.29) is 11.5 Å². The first kappa shape index (κ1) is 26.6. The monoisotopic (exact) mass is 553 g/mol. The lowest BCUT2D eigenvalue weighted by Gasteiger charge is -2.30. The second-order valence-corrected chi connectivity index (χ2v) is 11.2. The minimum Gasteiger partial charge on any atom is -0.491 e. The van der Waals surface area contributed by atoms with Gasteiger partial charge >= 0.3 is 0 Å². The molecule has 0 bridgehead atoms. The highest BCUT2D eigenvalue weighted by Crippen LogP contribution is 2.34. The summed E-state index contributed by atoms with van der Waals surface area (Å²) < 4.78 is 44.3. The number of allylic oxidation sites excluding steroid dienone is 1. The maximum atomic E-state index is 13.3. The number of hydrogen-bond donors (Lipinski definition) is 1. The summed E-state index contributed by atoms with van der Waals surface area (Å²) in [6.45, 7) is 3.56. The molecule has 194 valence electrons. The zero-order valence-corrected chi connectivity index (χ0v) is 22.7. The van der Waals surface area contributed by atoms with Gasteiger partial charge in [0, 0.05) is 18.0 Å². The van der Waals surface area contributed by atoms with E-state index < -0.39 is 10.0 Å². The summed E-state index contributed by atoms with van der Waals surface area (Å²) in [7, 11) is -0.0463. The molecule has 2 aliphatic rings. The molecule has 0 atom stereocenters. The SMILES string of the molecule is Cc1c(Cl)cccc1S(=O)(=O)NN1C(OCc2ccc(Cl)c(OCCN(C)C)c2)=CCC2=C1OCC2. The van der Waals surface area contributed by atoms with Crippen molar-refractivity contribution in [2.75, 3.05) is 33.9 Å². The summed E-state index contributed by atoms with van der Waals surface area (Å²) in [6, 6.07) is 10.2. The van der Waals surface area contributed by atoms with Gasteiger partial charge in [0.2, 0.25) is 11.8 Å². The molecule has 0 saturated carbocycles. The maximum Gasteiger partial charge on any atom is 0.258 e. The third-order valence-electron chi connectivity index (χ3n) is 5.79. The molecule has 0 spiro atoms. The first-order valence-electron chi connectivity index (χ1n) is 11.5. The molecule has 0 radical (unpaired) electrons. The Morgan fingerprint density at radius 2 is 1.94 bits per heavy atom. The minimum absolute atomic E-state index is 0.0808. The number of nitrogens with one attached hydrogen (secondary N) is 1. The van der Waals surface area contributed by atoms with Gasteiger partial charge in [-0.05, 0) is 74.5 Å². The molecule has 0 aliphatic carbocycles. The zero-order valence-electron chi connectivity index (χ0n) is 20.4. The van der Waals surface area contributed by atoms with Crippen LogP contribution < -0.4 is 9.57 Å². The Morgan fingerprint density at radius 3 is 2.72 bits per heavy atom. The first-order chi connectivity index (χ1) is 17.2. The van der Waals surface area contributed by atoms with Gasteiger partial charge in [0.25, 0.3) is 10.0 Å². The Hall–Kier alpha value is -2.43. The van der Waals surface area contributed by atoms with Gasteiger partial charge in [0.15, 0.2) is 0 Å². The molecule has 2 aliphatic heterocycles. The zero-order chi connectivity index (χ0) is 25.9. The molecular weight excluding hydrogens is 525 g/mol. The highest BCUT2D eigenvalue weighted by Gasteiger charge is 2.33. The molecule has 8 nitrogen and oxygen atoms in total. The van der Waals surface area contributed by atoms with Crippen molar-refractivity contribution >= 4 is 33.2 Å². The summed E-state index contributed by atoms with van der Waals surface area (Å²) in [4.78, 5) is 4.72. The fraction of sp³-hybridized carbons (Fsp3) is 0.360. The number of ether oxygens (including phenoxy) is 3. The summed E-state index contributed by atoms with van der Waals surface area (Å²) >= 11 is 12.5. The number of sulfonamides is 1. The average molecular weight is 554 g/mol. The van der Waals surface area contributed by atoms with Gasteiger partial charge in [0.05, 0.1) is 16.5 Å². The van der Waals surface area contributed by atoms with Crippen molar-refractivity contribution in [1.29, 1.82) is 0 Å². The molecule has 36 heavy (non-hydrogen) atoms. The van der Waals surface area contributed by atoms with Crippen LogP contribution in [0.2, 0.25) is 10.0 Å². The smallest absolute Gasteiger partial charge is 0.258 e. The fourth-order valence-electron chi connectivity index (χ4n) is 3.80. The summed E-state index contributed by atoms with van der Waals surface area (Å²) in [6.07, 6.45) is 3.17. The Labute approximate surface area is 222 Å². The first-order valence-corrected chi connectivity index (χ1v) is 13.7. The molecule has 1 N–H and O–H groups in total. The molecule has 0 unspecified atom stereocenters. The van der Waals surface area contributed by atoms with Gasteiger partial charge in [0.1, 0.15) is 19.0 Å². The largest absolute Gasteiger partial charge is 0.491 e. The van der Waals surface area contributed by atoms with Crippen LogP contribution in [0.25, 0.3) is 0 Å². The van der Waals surface area contributed by atoms with Crippen molar-refractivity contribution in [3.05, 3.63) is 81.0 Å². The highest BCUT2D eigenvalue weighted by atomic mass is 35.5. The van der Waals surface area contributed by atoms with Crippen molar-refractivity contribution in [1.82, 2.24) is 14.7 Å². The normalized spacial score (nSPS) is 15.6. The van der Waals surface area contributed by atoms with Crippen LogP contribution in [0.5, 0.6) is 5.75 Å². The summed E-state index contributed by atoms with van der Waals surface area (Å²) in [5, 5.41) is 2.23. The van der Waals surface area contributed by atoms with E-state index in [2.05, 4.69) is 4.83 Å². The van der Waals surface area contributed by atoms with E-state index in [1.807, 2.05) is 37.2 Å². The van der Waals surface area contributed by atoms with Gasteiger partial charge in [-0.3, -0.25) is 0 Å². The number of hydrazine groups is 1. The second kappa shape index (κ2) is 11.3. The van der Waals surface area contributed by atoms with E-state index in [0.717, 1.165) is 24.1 Å². The molecule has 2 aromatic rings. The van der Waals surface area contributed by atoms with Crippen LogP contribution in [0.4, 0.5) is 0 Å². The van der Waals surface area contributed by atoms with Crippen LogP contribution >= 0.6 is 23.2 Å². The summed E-state index contributed by atoms with van der Waals surface area (Å²) in [5.41, 5.74) is 2.27. The summed E-state index contributed by atoms with van der Waals surface area (Å²) in [5.74, 6) is 1.33. The Kier molecular flexibility index (Phi) is 8.37. The molecule has 0 aromatic heterocycles. The van der Waals surface area contributed by atoms with E-state index in [4.69, 9.17) is 37.4 Å². The highest BCUT2D eigenvalue weighted by molar-refractivity contribution is 7.89. The lowest BCUT2D eigenvalue weighted by molar-refractivity contribution is 0.0550. The van der Waals surface area contributed by atoms with Gasteiger partial charge in [-0.15, -0.1) is 4.83 Å². The average Bonchev–Trinajstić information content (AvgIpc) is 3.31. The van der Waals surface area contributed by atoms with Crippen molar-refractivity contribution in [3.63, 3.8) is 0 Å². The van der Waals surface area contributed by atoms with Crippen molar-refractivity contribution in [3.8, 4) is 5.75 Å². The van der Waals surface area contributed by atoms with Gasteiger partial charge in [-0.1, -0.05) is 35.3 Å². The lowest BCUT2D eigenvalue weighted by Crippen LogP contribution is -2.43. The number of hydrogen-bond acceptors (Lipinski definition) is 7. The van der Waals surface area contributed by atoms with E-state index >= 15 is 0 Å². The molecule has 0 amide bonds. The number of halogens is 2. The maximum absolute atomic E-state index is 13.3. The van der Waals surface area contributed by atoms with Crippen molar-refractivity contribution < 1.29 is 22.6 Å². The number of likely N-dealkylation sites (N-methyl/N-ethyl adjacent to an activating group) is 1. The second-order valence-electron chi connectivity index (χ2n) is 8.75. The van der Waals surface area contributed by atoms with E-state index in [0.29, 0.717) is 52.8 Å². The Morgan fingerprint density at radius 1 is 1.14 bits per heavy atom. The fourth-order valence-corrected chi connectivity index (χ4v) is 5.48. The Balaban J connectivity index is 1.52. The van der Waals surface area contributed by atoms with Crippen LogP contribution in [-0.4, -0.2) is 52.2 Å². The predicted octanol–water partition coefficient (Wildman–Crippen LogP) is 4.83. The van der Waals surface area contributed by atoms with Crippen LogP contribution in [0.1, 0.15) is 24.0 Å². The van der Waals surface area contributed by atoms with Crippen LogP contribution in [0.15, 0.2) is 64.7 Å². The number of nitrogens with zero attached hydrogens (tertiary/aromatic N) is 2. The molecule has 0 fully saturated rings. The van der Waals surface area contributed by atoms with Crippen molar-refractivity contribution in [2.24, 2.45) is 0 Å². The Bertz CT molecular complexity index is 1290. The van der Waals surface area contributed by atoms with Gasteiger partial charge < -0.3 is 19.1 Å². The van der Waals surface area contributed by atoms with Gasteiger partial charge in [-0.2, -0.15) is 5.01 Å². The lowest BCUT2D eigenvalue weighted by atomic mass is 10.1. The van der Waals surface area contributed by atoms with Crippen LogP contribution in [-0.2, 0) is 26.1 Å². The molecule has 2 aromatic carbocycles. The topological polar surface area (TPSA) is 80.3 Å². The van der Waals surface area contributed by atoms with E-state index in [9.17, 15) is 8.42 Å². The van der Waals surface area contributed by atoms with Gasteiger partial charge in [-0.25, -0.2) is 8.42 Å². The minimum atomic E-state index is -3.98. The molecule has 0 saturated heterocycles. The van der Waals surface area contributed by atoms with Crippen LogP contribution in [0.3, 0.4) is 0 Å². The predicted molar refractivity (Wildman–Crippen MR) is 139 cm³/mol. The molecule has 11 heteroatoms. The third kappa shape index (κ3) is 6.10. The standard InChI is InChI=1S/C25H29Cl2N3O5S/c1-17-20(26)5-4-6-23(17)36(31,32)28-30-24(10-8-19-11-13-34-25(19)30)35-16-18-7-9-21(27)22(15-18)33-14-12-29(2)3/h4-7,9-10,15,28H,8,11-14,16H2,1-3H3. The van der Waals surface area contributed by atoms with E-state index in [1.54, 1.807) is 25.1 Å². The van der Waals surface area contributed by atoms with Crippen molar-refractivity contribution in [2.45, 2.75) is 31.3 Å². The third-order valence-corrected chi connectivity index (χ3v) is 7.95. The number of rotatable bonds is 10. The molecule has 2 heterocycles. The number of benzene rings is 2. The molecule has 4 rings (SSSR count). The van der Waals surface area contributed by atoms with Crippen LogP contribution in [0, 0.1) is 6.92 Å². The quantitative estimate of drug-likeness (QED) is 0.451.